The number of halogens is 5. The molecule has 0 saturated carbocycles. The van der Waals surface area contributed by atoms with Crippen molar-refractivity contribution in [1.29, 1.82) is 0 Å². The van der Waals surface area contributed by atoms with Crippen LogP contribution in [0.5, 0.6) is 5.75 Å². The first-order chi connectivity index (χ1) is 15.7. The summed E-state index contributed by atoms with van der Waals surface area (Å²) in [6.45, 7) is 0. The van der Waals surface area contributed by atoms with Gasteiger partial charge in [-0.3, -0.25) is 4.79 Å². The third-order valence-corrected chi connectivity index (χ3v) is 5.91. The smallest absolute Gasteiger partial charge is 0.248 e. The Balaban J connectivity index is 1.56. The highest BCUT2D eigenvalue weighted by Gasteiger charge is 2.16. The molecule has 0 bridgehead atoms. The molecule has 0 aliphatic carbocycles. The SMILES string of the molecule is COc1c(Br)cc(Br)cc1/C=C/C(=O)Nc1ccc2oc(-c3cc(F)c(F)cc3Cl)nc2c1. The minimum absolute atomic E-state index is 0.0320. The second kappa shape index (κ2) is 9.62. The van der Waals surface area contributed by atoms with Gasteiger partial charge in [0, 0.05) is 21.8 Å². The van der Waals surface area contributed by atoms with Crippen molar-refractivity contribution in [3.8, 4) is 17.2 Å². The van der Waals surface area contributed by atoms with Gasteiger partial charge in [0.25, 0.3) is 0 Å². The molecule has 0 radical (unpaired) electrons. The highest BCUT2D eigenvalue weighted by molar-refractivity contribution is 9.11. The van der Waals surface area contributed by atoms with Crippen LogP contribution < -0.4 is 10.1 Å². The molecule has 1 amide bonds. The highest BCUT2D eigenvalue weighted by Crippen LogP contribution is 2.34. The Morgan fingerprint density at radius 1 is 1.15 bits per heavy atom. The lowest BCUT2D eigenvalue weighted by Crippen LogP contribution is -2.07. The molecule has 1 aromatic heterocycles. The number of rotatable bonds is 5. The maximum Gasteiger partial charge on any atom is 0.248 e. The Labute approximate surface area is 208 Å². The molecule has 0 aliphatic rings. The number of nitrogens with one attached hydrogen (secondary N) is 1. The standard InChI is InChI=1S/C23H13Br2ClF2N2O3/c1-32-22-11(6-12(24)7-15(22)25)2-5-21(31)29-13-3-4-20-19(8-13)30-23(33-20)14-9-17(27)18(28)10-16(14)26/h2-10H,1H3,(H,29,31)/b5-2+. The molecule has 4 aromatic rings. The van der Waals surface area contributed by atoms with E-state index >= 15 is 0 Å². The number of amides is 1. The average molecular weight is 599 g/mol. The quantitative estimate of drug-likeness (QED) is 0.190. The van der Waals surface area contributed by atoms with E-state index in [0.717, 1.165) is 21.1 Å². The Bertz CT molecular complexity index is 1420. The maximum absolute atomic E-state index is 13.6. The Morgan fingerprint density at radius 2 is 1.91 bits per heavy atom. The van der Waals surface area contributed by atoms with Gasteiger partial charge in [-0.1, -0.05) is 27.5 Å². The molecule has 1 heterocycles. The topological polar surface area (TPSA) is 64.4 Å². The third kappa shape index (κ3) is 5.10. The molecular weight excluding hydrogens is 586 g/mol. The summed E-state index contributed by atoms with van der Waals surface area (Å²) in [7, 11) is 1.54. The Kier molecular flexibility index (Phi) is 6.83. The first kappa shape index (κ1) is 23.4. The molecule has 3 aromatic carbocycles. The van der Waals surface area contributed by atoms with E-state index in [2.05, 4.69) is 42.2 Å². The molecule has 10 heteroatoms. The molecule has 0 spiro atoms. The number of fused-ring (bicyclic) bond motifs is 1. The van der Waals surface area contributed by atoms with Crippen LogP contribution in [0.25, 0.3) is 28.6 Å². The Hall–Kier alpha value is -2.75. The molecule has 0 fully saturated rings. The molecule has 5 nitrogen and oxygen atoms in total. The van der Waals surface area contributed by atoms with Gasteiger partial charge in [-0.05, 0) is 64.5 Å². The van der Waals surface area contributed by atoms with Gasteiger partial charge in [-0.15, -0.1) is 0 Å². The van der Waals surface area contributed by atoms with E-state index in [4.69, 9.17) is 20.8 Å². The molecule has 0 unspecified atom stereocenters. The van der Waals surface area contributed by atoms with Crippen molar-refractivity contribution >= 4 is 72.2 Å². The minimum Gasteiger partial charge on any atom is -0.495 e. The maximum atomic E-state index is 13.6. The molecule has 0 saturated heterocycles. The number of hydrogen-bond donors (Lipinski definition) is 1. The molecule has 33 heavy (non-hydrogen) atoms. The van der Waals surface area contributed by atoms with E-state index in [9.17, 15) is 13.6 Å². The monoisotopic (exact) mass is 596 g/mol. The third-order valence-electron chi connectivity index (χ3n) is 4.55. The zero-order valence-corrected chi connectivity index (χ0v) is 20.7. The lowest BCUT2D eigenvalue weighted by Gasteiger charge is -2.08. The number of carbonyl (C=O) groups excluding carboxylic acids is 1. The van der Waals surface area contributed by atoms with Crippen LogP contribution in [0, 0.1) is 11.6 Å². The first-order valence-corrected chi connectivity index (χ1v) is 11.3. The number of nitrogens with zero attached hydrogens (tertiary/aromatic N) is 1. The average Bonchev–Trinajstić information content (AvgIpc) is 3.17. The van der Waals surface area contributed by atoms with Gasteiger partial charge in [0.15, 0.2) is 17.2 Å². The van der Waals surface area contributed by atoms with Crippen LogP contribution in [0.2, 0.25) is 5.02 Å². The second-order valence-corrected chi connectivity index (χ2v) is 8.96. The molecule has 1 N–H and O–H groups in total. The van der Waals surface area contributed by atoms with Crippen LogP contribution in [-0.4, -0.2) is 18.0 Å². The molecule has 0 atom stereocenters. The van der Waals surface area contributed by atoms with Crippen molar-refractivity contribution in [2.24, 2.45) is 0 Å². The lowest BCUT2D eigenvalue weighted by molar-refractivity contribution is -0.111. The van der Waals surface area contributed by atoms with Gasteiger partial charge in [0.2, 0.25) is 11.8 Å². The van der Waals surface area contributed by atoms with Gasteiger partial charge in [0.05, 0.1) is 22.2 Å². The summed E-state index contributed by atoms with van der Waals surface area (Å²) in [4.78, 5) is 16.7. The molecule has 168 valence electrons. The van der Waals surface area contributed by atoms with Crippen LogP contribution >= 0.6 is 43.5 Å². The van der Waals surface area contributed by atoms with Crippen LogP contribution in [-0.2, 0) is 4.79 Å². The minimum atomic E-state index is -1.06. The van der Waals surface area contributed by atoms with Crippen molar-refractivity contribution in [1.82, 2.24) is 4.98 Å². The number of oxazole rings is 1. The number of ether oxygens (including phenoxy) is 1. The fraction of sp³-hybridized carbons (Fsp3) is 0.0435. The molecular formula is C23H13Br2ClF2N2O3. The van der Waals surface area contributed by atoms with Crippen LogP contribution in [0.3, 0.4) is 0 Å². The zero-order valence-electron chi connectivity index (χ0n) is 16.8. The van der Waals surface area contributed by atoms with E-state index in [1.807, 2.05) is 12.1 Å². The zero-order chi connectivity index (χ0) is 23.7. The summed E-state index contributed by atoms with van der Waals surface area (Å²) in [6, 6.07) is 10.3. The second-order valence-electron chi connectivity index (χ2n) is 6.78. The van der Waals surface area contributed by atoms with E-state index in [-0.39, 0.29) is 22.4 Å². The summed E-state index contributed by atoms with van der Waals surface area (Å²) >= 11 is 12.8. The Morgan fingerprint density at radius 3 is 2.67 bits per heavy atom. The lowest BCUT2D eigenvalue weighted by atomic mass is 10.2. The van der Waals surface area contributed by atoms with Crippen molar-refractivity contribution in [2.45, 2.75) is 0 Å². The number of aromatic nitrogens is 1. The summed E-state index contributed by atoms with van der Waals surface area (Å²) in [6.07, 6.45) is 3.00. The van der Waals surface area contributed by atoms with Crippen LogP contribution in [0.1, 0.15) is 5.56 Å². The summed E-state index contributed by atoms with van der Waals surface area (Å²) in [5.41, 5.74) is 2.09. The highest BCUT2D eigenvalue weighted by atomic mass is 79.9. The fourth-order valence-electron chi connectivity index (χ4n) is 3.08. The number of benzene rings is 3. The number of methoxy groups -OCH3 is 1. The van der Waals surface area contributed by atoms with E-state index < -0.39 is 11.6 Å². The van der Waals surface area contributed by atoms with Gasteiger partial charge in [-0.25, -0.2) is 13.8 Å². The van der Waals surface area contributed by atoms with Crippen LogP contribution in [0.15, 0.2) is 61.9 Å². The summed E-state index contributed by atoms with van der Waals surface area (Å²) in [5.74, 6) is -1.88. The predicted molar refractivity (Wildman–Crippen MR) is 130 cm³/mol. The number of anilines is 1. The van der Waals surface area contributed by atoms with Gasteiger partial charge < -0.3 is 14.5 Å². The van der Waals surface area contributed by atoms with Crippen molar-refractivity contribution < 1.29 is 22.7 Å². The normalized spacial score (nSPS) is 11.3. The summed E-state index contributed by atoms with van der Waals surface area (Å²) < 4.78 is 39.5. The van der Waals surface area contributed by atoms with E-state index in [0.29, 0.717) is 28.1 Å². The number of carbonyl (C=O) groups is 1. The first-order valence-electron chi connectivity index (χ1n) is 9.32. The van der Waals surface area contributed by atoms with Gasteiger partial charge in [0.1, 0.15) is 11.3 Å². The summed E-state index contributed by atoms with van der Waals surface area (Å²) in [5, 5.41) is 2.71. The van der Waals surface area contributed by atoms with E-state index in [1.54, 1.807) is 31.4 Å². The van der Waals surface area contributed by atoms with Crippen molar-refractivity contribution in [3.63, 3.8) is 0 Å². The largest absolute Gasteiger partial charge is 0.495 e. The molecule has 4 rings (SSSR count). The van der Waals surface area contributed by atoms with Gasteiger partial charge >= 0.3 is 0 Å². The fourth-order valence-corrected chi connectivity index (χ4v) is 4.73. The molecule has 0 aliphatic heterocycles. The number of hydrogen-bond acceptors (Lipinski definition) is 4. The predicted octanol–water partition coefficient (Wildman–Crippen LogP) is 7.61. The van der Waals surface area contributed by atoms with Crippen molar-refractivity contribution in [2.75, 3.05) is 12.4 Å². The van der Waals surface area contributed by atoms with E-state index in [1.165, 1.54) is 6.08 Å². The van der Waals surface area contributed by atoms with Crippen molar-refractivity contribution in [3.05, 3.63) is 79.7 Å². The van der Waals surface area contributed by atoms with Gasteiger partial charge in [-0.2, -0.15) is 0 Å². The van der Waals surface area contributed by atoms with Crippen LogP contribution in [0.4, 0.5) is 14.5 Å².